The lowest BCUT2D eigenvalue weighted by Gasteiger charge is -2.36. The number of halogens is 1. The van der Waals surface area contributed by atoms with Gasteiger partial charge >= 0.3 is 0 Å². The molecule has 20 heteroatoms. The number of benzene rings is 1. The van der Waals surface area contributed by atoms with Gasteiger partial charge in [0.1, 0.15) is 40.1 Å². The number of likely N-dealkylation sites (N-methyl/N-ethyl adjacent to an activating group) is 1. The topological polar surface area (TPSA) is 213 Å². The van der Waals surface area contributed by atoms with Crippen LogP contribution in [0.25, 0.3) is 11.0 Å². The van der Waals surface area contributed by atoms with E-state index in [1.807, 2.05) is 17.0 Å². The molecule has 2 N–H and O–H groups in total. The molecule has 4 aliphatic rings. The van der Waals surface area contributed by atoms with Gasteiger partial charge in [-0.3, -0.25) is 38.1 Å². The lowest BCUT2D eigenvalue weighted by Crippen LogP contribution is -2.56. The fourth-order valence-electron chi connectivity index (χ4n) is 11.4. The molecule has 9 rings (SSSR count). The van der Waals surface area contributed by atoms with Crippen molar-refractivity contribution in [1.82, 2.24) is 44.5 Å². The number of piperazine rings is 1. The Labute approximate surface area is 445 Å². The third kappa shape index (κ3) is 11.9. The number of unbranched alkanes of at least 4 members (excludes halogenated alkanes) is 1. The van der Waals surface area contributed by atoms with Crippen LogP contribution in [0.5, 0.6) is 0 Å². The smallest absolute Gasteiger partial charge is 0.263 e. The average Bonchev–Trinajstić information content (AvgIpc) is 4.30. The number of nitrogens with zero attached hydrogens (tertiary/aromatic N) is 9. The van der Waals surface area contributed by atoms with Gasteiger partial charge in [-0.05, 0) is 120 Å². The predicted molar refractivity (Wildman–Crippen MR) is 287 cm³/mol. The summed E-state index contributed by atoms with van der Waals surface area (Å²) in [6, 6.07) is 7.14. The first-order valence-corrected chi connectivity index (χ1v) is 27.9. The summed E-state index contributed by atoms with van der Waals surface area (Å²) in [7, 11) is 1.60. The molecular formula is C56H68FN11O7S. The molecule has 2 unspecified atom stereocenters. The fourth-order valence-corrected chi connectivity index (χ4v) is 12.4. The lowest BCUT2D eigenvalue weighted by atomic mass is 9.83. The van der Waals surface area contributed by atoms with Crippen molar-refractivity contribution in [3.05, 3.63) is 97.7 Å². The molecule has 18 nitrogen and oxygen atoms in total. The number of ketones is 2. The molecule has 0 spiro atoms. The van der Waals surface area contributed by atoms with E-state index in [1.165, 1.54) is 47.4 Å². The van der Waals surface area contributed by atoms with Crippen LogP contribution in [0.4, 0.5) is 21.8 Å². The molecule has 402 valence electrons. The van der Waals surface area contributed by atoms with Crippen molar-refractivity contribution >= 4 is 75.0 Å². The highest BCUT2D eigenvalue weighted by Crippen LogP contribution is 2.37. The number of likely N-dealkylation sites (tertiary alicyclic amines) is 1. The molecule has 76 heavy (non-hydrogen) atoms. The third-order valence-electron chi connectivity index (χ3n) is 16.0. The van der Waals surface area contributed by atoms with Crippen LogP contribution in [0.15, 0.2) is 59.0 Å². The Balaban J connectivity index is 0.726. The van der Waals surface area contributed by atoms with E-state index >= 15 is 0 Å². The van der Waals surface area contributed by atoms with Gasteiger partial charge < -0.3 is 30.2 Å². The van der Waals surface area contributed by atoms with Gasteiger partial charge in [0.2, 0.25) is 35.4 Å². The highest BCUT2D eigenvalue weighted by atomic mass is 32.1. The van der Waals surface area contributed by atoms with Crippen LogP contribution in [0, 0.1) is 18.7 Å². The van der Waals surface area contributed by atoms with Crippen LogP contribution in [0.2, 0.25) is 0 Å². The summed E-state index contributed by atoms with van der Waals surface area (Å²) >= 11 is 1.32. The number of aromatic nitrogens is 5. The van der Waals surface area contributed by atoms with Crippen molar-refractivity contribution in [3.8, 4) is 0 Å². The second-order valence-corrected chi connectivity index (χ2v) is 21.8. The third-order valence-corrected chi connectivity index (χ3v) is 16.9. The van der Waals surface area contributed by atoms with E-state index in [1.54, 1.807) is 48.1 Å². The summed E-state index contributed by atoms with van der Waals surface area (Å²) in [5.74, 6) is -1.03. The Bertz CT molecular complexity index is 3020. The lowest BCUT2D eigenvalue weighted by molar-refractivity contribution is -0.142. The number of hydrogen-bond acceptors (Lipinski definition) is 14. The Morgan fingerprint density at radius 3 is 2.24 bits per heavy atom. The molecule has 4 fully saturated rings. The number of carbonyl (C=O) groups is 6. The second-order valence-electron chi connectivity index (χ2n) is 20.9. The van der Waals surface area contributed by atoms with Crippen LogP contribution in [0.1, 0.15) is 159 Å². The summed E-state index contributed by atoms with van der Waals surface area (Å²) in [4.78, 5) is 120. The Kier molecular flexibility index (Phi) is 17.0. The molecule has 2 saturated carbocycles. The molecule has 0 bridgehead atoms. The van der Waals surface area contributed by atoms with Gasteiger partial charge in [-0.1, -0.05) is 32.1 Å². The number of Topliss-reactive ketones (excluding diaryl/α,β-unsaturated/α-hetero) is 1. The number of nitrogens with one attached hydrogen (secondary N) is 2. The normalized spacial score (nSPS) is 18.2. The highest BCUT2D eigenvalue weighted by molar-refractivity contribution is 7.10. The average molecular weight is 1060 g/mol. The minimum absolute atomic E-state index is 0.0276. The van der Waals surface area contributed by atoms with Gasteiger partial charge in [0, 0.05) is 81.2 Å². The minimum Gasteiger partial charge on any atom is -0.367 e. The van der Waals surface area contributed by atoms with Crippen LogP contribution in [0.3, 0.4) is 0 Å². The number of carbonyl (C=O) groups excluding carboxylic acids is 6. The number of fused-ring (bicyclic) bond motifs is 1. The SMILES string of the molecule is CC(=O)c1c(C)c2cnc(Nc3ccc(N4CCN(C(=O)CCCCC(=O)N(C)C(C)C(=O)NC(C(=O)N5CCC[C@H]5c5nc(C(=O)c6ccc(F)cc6)cs5)C5CCCCC5)CC4)cn3)nc2n(C2CCCC2)c1=O. The van der Waals surface area contributed by atoms with E-state index in [9.17, 15) is 38.0 Å². The first-order valence-electron chi connectivity index (χ1n) is 27.0. The molecule has 5 aromatic rings. The number of hydrogen-bond donors (Lipinski definition) is 2. The number of rotatable bonds is 18. The Morgan fingerprint density at radius 1 is 0.829 bits per heavy atom. The number of pyridine rings is 2. The Hall–Kier alpha value is -6.96. The molecule has 4 aromatic heterocycles. The number of thiazole rings is 1. The number of aryl methyl sites for hydroxylation is 1. The molecule has 6 heterocycles. The Morgan fingerprint density at radius 2 is 1.54 bits per heavy atom. The van der Waals surface area contributed by atoms with Crippen molar-refractivity contribution in [1.29, 1.82) is 0 Å². The van der Waals surface area contributed by atoms with E-state index in [0.29, 0.717) is 97.3 Å². The van der Waals surface area contributed by atoms with E-state index < -0.39 is 23.8 Å². The fraction of sp³-hybridized carbons (Fsp3) is 0.518. The minimum atomic E-state index is -0.838. The first-order chi connectivity index (χ1) is 36.7. The van der Waals surface area contributed by atoms with Crippen LogP contribution in [-0.2, 0) is 19.2 Å². The predicted octanol–water partition coefficient (Wildman–Crippen LogP) is 7.87. The number of amides is 4. The monoisotopic (exact) mass is 1060 g/mol. The van der Waals surface area contributed by atoms with Gasteiger partial charge in [-0.25, -0.2) is 19.3 Å². The summed E-state index contributed by atoms with van der Waals surface area (Å²) < 4.78 is 15.2. The van der Waals surface area contributed by atoms with Crippen LogP contribution < -0.4 is 21.1 Å². The quantitative estimate of drug-likeness (QED) is 0.0633. The van der Waals surface area contributed by atoms with Crippen LogP contribution in [-0.4, -0.2) is 126 Å². The van der Waals surface area contributed by atoms with Crippen molar-refractivity contribution in [3.63, 3.8) is 0 Å². The standard InChI is InChI=1S/C56H68FN11O7S/c1-34-42-32-59-56(63-51(42)68(40-15-8-9-16-40)54(74)48(34)36(3)69)61-45-25-24-41(31-58-45)65-27-29-66(30-28-65)47(71)19-11-10-18-46(70)64(4)35(2)52(73)62-49(37-13-6-5-7-14-37)55(75)67-26-12-17-44(67)53-60-43(33-76-53)50(72)38-20-22-39(57)23-21-38/h20-25,31-33,35,37,40,44,49H,5-19,26-30H2,1-4H3,(H,62,73)(H,58,59,61,63)/t35?,44-,49?/m0/s1. The summed E-state index contributed by atoms with van der Waals surface area (Å²) in [6.07, 6.45) is 14.6. The van der Waals surface area contributed by atoms with E-state index in [0.717, 1.165) is 69.9 Å². The van der Waals surface area contributed by atoms with Gasteiger partial charge in [0.05, 0.1) is 23.5 Å². The molecule has 2 aliphatic carbocycles. The van der Waals surface area contributed by atoms with Crippen molar-refractivity contribution in [2.24, 2.45) is 5.92 Å². The van der Waals surface area contributed by atoms with Gasteiger partial charge in [0.25, 0.3) is 5.56 Å². The van der Waals surface area contributed by atoms with Crippen molar-refractivity contribution < 1.29 is 33.2 Å². The maximum Gasteiger partial charge on any atom is 0.263 e. The van der Waals surface area contributed by atoms with Crippen molar-refractivity contribution in [2.75, 3.05) is 50.0 Å². The maximum atomic E-state index is 14.5. The van der Waals surface area contributed by atoms with Gasteiger partial charge in [-0.15, -0.1) is 11.3 Å². The van der Waals surface area contributed by atoms with E-state index in [-0.39, 0.29) is 70.5 Å². The molecular weight excluding hydrogens is 990 g/mol. The largest absolute Gasteiger partial charge is 0.367 e. The first kappa shape index (κ1) is 53.9. The summed E-state index contributed by atoms with van der Waals surface area (Å²) in [5.41, 5.74) is 2.44. The molecule has 2 saturated heterocycles. The zero-order valence-electron chi connectivity index (χ0n) is 43.9. The zero-order chi connectivity index (χ0) is 53.6. The van der Waals surface area contributed by atoms with E-state index in [4.69, 9.17) is 4.98 Å². The van der Waals surface area contributed by atoms with Gasteiger partial charge in [-0.2, -0.15) is 4.98 Å². The molecule has 4 amide bonds. The number of anilines is 3. The molecule has 3 atom stereocenters. The molecule has 2 aliphatic heterocycles. The summed E-state index contributed by atoms with van der Waals surface area (Å²) in [5, 5.41) is 9.25. The van der Waals surface area contributed by atoms with Gasteiger partial charge in [0.15, 0.2) is 5.78 Å². The second kappa shape index (κ2) is 23.9. The zero-order valence-corrected chi connectivity index (χ0v) is 44.7. The van der Waals surface area contributed by atoms with Crippen molar-refractivity contribution in [2.45, 2.75) is 141 Å². The van der Waals surface area contributed by atoms with Crippen LogP contribution >= 0.6 is 11.3 Å². The molecule has 1 aromatic carbocycles. The van der Waals surface area contributed by atoms with E-state index in [2.05, 4.69) is 30.5 Å². The summed E-state index contributed by atoms with van der Waals surface area (Å²) in [6.45, 7) is 7.68. The maximum absolute atomic E-state index is 14.5. The molecule has 0 radical (unpaired) electrons. The highest BCUT2D eigenvalue weighted by Gasteiger charge is 2.41.